The van der Waals surface area contributed by atoms with Crippen LogP contribution in [0.25, 0.3) is 10.8 Å². The Kier molecular flexibility index (Phi) is 6.70. The van der Waals surface area contributed by atoms with Crippen molar-refractivity contribution in [3.05, 3.63) is 42.5 Å². The zero-order chi connectivity index (χ0) is 19.7. The first-order valence-electron chi connectivity index (χ1n) is 9.26. The minimum atomic E-state index is -1.04. The Labute approximate surface area is 171 Å². The summed E-state index contributed by atoms with van der Waals surface area (Å²) in [4.78, 5) is 24.9. The molecule has 2 aromatic carbocycles. The number of ether oxygens (including phenoxy) is 1. The number of amides is 2. The van der Waals surface area contributed by atoms with E-state index < -0.39 is 11.0 Å². The highest BCUT2D eigenvalue weighted by Crippen LogP contribution is 2.49. The van der Waals surface area contributed by atoms with Gasteiger partial charge in [0.05, 0.1) is 12.6 Å². The van der Waals surface area contributed by atoms with Crippen LogP contribution < -0.4 is 16.4 Å². The molecule has 1 fully saturated rings. The predicted molar refractivity (Wildman–Crippen MR) is 114 cm³/mol. The minimum absolute atomic E-state index is 0. The van der Waals surface area contributed by atoms with Crippen LogP contribution in [0, 0.1) is 5.41 Å². The van der Waals surface area contributed by atoms with Crippen molar-refractivity contribution in [3.63, 3.8) is 0 Å². The summed E-state index contributed by atoms with van der Waals surface area (Å²) in [5, 5.41) is 7.53. The number of anilines is 1. The first kappa shape index (κ1) is 22.1. The number of nitrogens with two attached hydrogens (primary N) is 1. The Balaban J connectivity index is 0.00000280. The third kappa shape index (κ3) is 3.85. The van der Waals surface area contributed by atoms with Crippen LogP contribution in [-0.2, 0) is 14.3 Å². The molecule has 0 spiro atoms. The van der Waals surface area contributed by atoms with Gasteiger partial charge in [0.1, 0.15) is 5.54 Å². The van der Waals surface area contributed by atoms with Gasteiger partial charge < -0.3 is 21.1 Å². The molecule has 1 saturated carbocycles. The van der Waals surface area contributed by atoms with Crippen molar-refractivity contribution in [2.24, 2.45) is 11.1 Å². The fourth-order valence-corrected chi connectivity index (χ4v) is 3.67. The van der Waals surface area contributed by atoms with Crippen LogP contribution in [0.1, 0.15) is 27.2 Å². The molecule has 2 unspecified atom stereocenters. The molecule has 0 bridgehead atoms. The van der Waals surface area contributed by atoms with Crippen molar-refractivity contribution in [1.82, 2.24) is 5.32 Å². The van der Waals surface area contributed by atoms with Gasteiger partial charge in [-0.25, -0.2) is 0 Å². The maximum atomic E-state index is 12.6. The maximum Gasteiger partial charge on any atom is 0.243 e. The van der Waals surface area contributed by atoms with Gasteiger partial charge in [-0.15, -0.1) is 12.4 Å². The van der Waals surface area contributed by atoms with Gasteiger partial charge in [0.25, 0.3) is 0 Å². The summed E-state index contributed by atoms with van der Waals surface area (Å²) in [5.74, 6) is -0.613. The molecule has 0 saturated heterocycles. The molecule has 0 aromatic heterocycles. The monoisotopic (exact) mass is 405 g/mol. The molecular weight excluding hydrogens is 378 g/mol. The molecule has 2 atom stereocenters. The van der Waals surface area contributed by atoms with Crippen LogP contribution >= 0.6 is 12.4 Å². The molecule has 3 rings (SSSR count). The van der Waals surface area contributed by atoms with E-state index in [4.69, 9.17) is 10.5 Å². The number of fused-ring (bicyclic) bond motifs is 1. The maximum absolute atomic E-state index is 12.6. The van der Waals surface area contributed by atoms with Gasteiger partial charge in [0.15, 0.2) is 0 Å². The number of hydrogen-bond acceptors (Lipinski definition) is 4. The average Bonchev–Trinajstić information content (AvgIpc) is 2.66. The third-order valence-electron chi connectivity index (χ3n) is 5.71. The summed E-state index contributed by atoms with van der Waals surface area (Å²) >= 11 is 0. The third-order valence-corrected chi connectivity index (χ3v) is 5.71. The summed E-state index contributed by atoms with van der Waals surface area (Å²) in [7, 11) is 0. The molecule has 152 valence electrons. The molecule has 0 radical (unpaired) electrons. The van der Waals surface area contributed by atoms with Crippen LogP contribution in [0.2, 0.25) is 0 Å². The number of rotatable bonds is 6. The van der Waals surface area contributed by atoms with Crippen LogP contribution in [0.3, 0.4) is 0 Å². The van der Waals surface area contributed by atoms with Gasteiger partial charge in [-0.3, -0.25) is 9.59 Å². The van der Waals surface area contributed by atoms with E-state index >= 15 is 0 Å². The molecular formula is C21H28ClN3O3. The molecule has 4 N–H and O–H groups in total. The zero-order valence-electron chi connectivity index (χ0n) is 16.5. The highest BCUT2D eigenvalue weighted by molar-refractivity contribution is 6.03. The number of benzene rings is 2. The molecule has 1 aliphatic carbocycles. The number of halogens is 1. The number of nitrogens with one attached hydrogen (secondary N) is 2. The molecule has 28 heavy (non-hydrogen) atoms. The number of hydrogen-bond donors (Lipinski definition) is 3. The Morgan fingerprint density at radius 2 is 1.86 bits per heavy atom. The van der Waals surface area contributed by atoms with E-state index in [1.54, 1.807) is 0 Å². The van der Waals surface area contributed by atoms with Crippen molar-refractivity contribution in [1.29, 1.82) is 0 Å². The first-order chi connectivity index (χ1) is 12.8. The lowest BCUT2D eigenvalue weighted by Crippen LogP contribution is -2.76. The van der Waals surface area contributed by atoms with Crippen molar-refractivity contribution < 1.29 is 14.3 Å². The highest BCUT2D eigenvalue weighted by atomic mass is 35.5. The molecule has 7 heteroatoms. The smallest absolute Gasteiger partial charge is 0.243 e. The Morgan fingerprint density at radius 3 is 2.54 bits per heavy atom. The largest absolute Gasteiger partial charge is 0.378 e. The topological polar surface area (TPSA) is 93.4 Å². The lowest BCUT2D eigenvalue weighted by Gasteiger charge is -2.57. The second kappa shape index (κ2) is 8.47. The summed E-state index contributed by atoms with van der Waals surface area (Å²) in [6, 6.07) is 13.5. The van der Waals surface area contributed by atoms with Crippen molar-refractivity contribution in [2.45, 2.75) is 38.8 Å². The molecule has 6 nitrogen and oxygen atoms in total. The van der Waals surface area contributed by atoms with Crippen LogP contribution in [0.4, 0.5) is 5.69 Å². The lowest BCUT2D eigenvalue weighted by atomic mass is 9.54. The lowest BCUT2D eigenvalue weighted by molar-refractivity contribution is -0.170. The van der Waals surface area contributed by atoms with E-state index in [0.29, 0.717) is 13.0 Å². The van der Waals surface area contributed by atoms with Crippen molar-refractivity contribution >= 4 is 40.7 Å². The normalized spacial score (nSPS) is 22.6. The van der Waals surface area contributed by atoms with E-state index in [0.717, 1.165) is 16.5 Å². The van der Waals surface area contributed by atoms with Gasteiger partial charge in [-0.2, -0.15) is 0 Å². The zero-order valence-corrected chi connectivity index (χ0v) is 17.3. The molecule has 1 aliphatic rings. The molecule has 0 aliphatic heterocycles. The van der Waals surface area contributed by atoms with Gasteiger partial charge in [-0.05, 0) is 18.4 Å². The van der Waals surface area contributed by atoms with E-state index in [1.165, 1.54) is 0 Å². The minimum Gasteiger partial charge on any atom is -0.378 e. The Morgan fingerprint density at radius 1 is 1.18 bits per heavy atom. The van der Waals surface area contributed by atoms with E-state index in [2.05, 4.69) is 10.6 Å². The summed E-state index contributed by atoms with van der Waals surface area (Å²) in [5.41, 5.74) is 5.53. The highest BCUT2D eigenvalue weighted by Gasteiger charge is 2.62. The van der Waals surface area contributed by atoms with Gasteiger partial charge in [-0.1, -0.05) is 50.2 Å². The van der Waals surface area contributed by atoms with Gasteiger partial charge in [0, 0.05) is 29.5 Å². The summed E-state index contributed by atoms with van der Waals surface area (Å²) in [6.07, 6.45) is 0.396. The average molecular weight is 406 g/mol. The van der Waals surface area contributed by atoms with Gasteiger partial charge >= 0.3 is 0 Å². The Hall–Kier alpha value is -2.15. The predicted octanol–water partition coefficient (Wildman–Crippen LogP) is 2.85. The number of carbonyl (C=O) groups is 2. The fraction of sp³-hybridized carbons (Fsp3) is 0.429. The fourth-order valence-electron chi connectivity index (χ4n) is 3.67. The standard InChI is InChI=1S/C21H27N3O3.ClH/c1-4-27-17-12-21(22,20(17,2)3)19(26)23-13-18(25)24-16-11-7-9-14-8-5-6-10-15(14)16;/h5-11,17H,4,12-13,22H2,1-3H3,(H,23,26)(H,24,25);1H. The summed E-state index contributed by atoms with van der Waals surface area (Å²) < 4.78 is 5.64. The van der Waals surface area contributed by atoms with Crippen molar-refractivity contribution in [3.8, 4) is 0 Å². The van der Waals surface area contributed by atoms with Crippen LogP contribution in [0.15, 0.2) is 42.5 Å². The van der Waals surface area contributed by atoms with E-state index in [9.17, 15) is 9.59 Å². The number of carbonyl (C=O) groups excluding carboxylic acids is 2. The summed E-state index contributed by atoms with van der Waals surface area (Å²) in [6.45, 7) is 6.22. The second-order valence-corrected chi connectivity index (χ2v) is 7.60. The molecule has 0 heterocycles. The molecule has 2 amide bonds. The van der Waals surface area contributed by atoms with Crippen LogP contribution in [-0.4, -0.2) is 36.6 Å². The second-order valence-electron chi connectivity index (χ2n) is 7.60. The van der Waals surface area contributed by atoms with Crippen LogP contribution in [0.5, 0.6) is 0 Å². The SMILES string of the molecule is CCOC1CC(N)(C(=O)NCC(=O)Nc2cccc3ccccc23)C1(C)C.Cl. The first-order valence-corrected chi connectivity index (χ1v) is 9.26. The van der Waals surface area contributed by atoms with Gasteiger partial charge in [0.2, 0.25) is 11.8 Å². The quantitative estimate of drug-likeness (QED) is 0.688. The van der Waals surface area contributed by atoms with Crippen molar-refractivity contribution in [2.75, 3.05) is 18.5 Å². The molecule has 2 aromatic rings. The Bertz CT molecular complexity index is 866. The van der Waals surface area contributed by atoms with E-state index in [1.807, 2.05) is 63.2 Å². The van der Waals surface area contributed by atoms with E-state index in [-0.39, 0.29) is 36.9 Å².